The molecule has 0 saturated heterocycles. The van der Waals surface area contributed by atoms with Gasteiger partial charge in [-0.15, -0.1) is 11.3 Å². The maximum absolute atomic E-state index is 11.5. The van der Waals surface area contributed by atoms with Gasteiger partial charge in [0.25, 0.3) is 0 Å². The van der Waals surface area contributed by atoms with E-state index in [-0.39, 0.29) is 5.78 Å². The SMILES string of the molecule is CC(=O)c1sc(-c2ccc(OCc3ccccc3)cc2)nc1C. The number of hydrogen-bond acceptors (Lipinski definition) is 4. The van der Waals surface area contributed by atoms with Crippen molar-refractivity contribution >= 4 is 17.1 Å². The van der Waals surface area contributed by atoms with Gasteiger partial charge in [-0.2, -0.15) is 0 Å². The molecule has 0 saturated carbocycles. The van der Waals surface area contributed by atoms with Crippen molar-refractivity contribution in [1.82, 2.24) is 4.98 Å². The molecule has 0 N–H and O–H groups in total. The molecule has 116 valence electrons. The molecule has 3 nitrogen and oxygen atoms in total. The van der Waals surface area contributed by atoms with Crippen LogP contribution in [0.3, 0.4) is 0 Å². The fourth-order valence-corrected chi connectivity index (χ4v) is 3.25. The highest BCUT2D eigenvalue weighted by Gasteiger charge is 2.12. The standard InChI is InChI=1S/C19H17NO2S/c1-13-18(14(2)21)23-19(20-13)16-8-10-17(11-9-16)22-12-15-6-4-3-5-7-15/h3-11H,12H2,1-2H3. The second kappa shape index (κ2) is 6.75. The number of hydrogen-bond donors (Lipinski definition) is 0. The number of nitrogens with zero attached hydrogens (tertiary/aromatic N) is 1. The Bertz CT molecular complexity index is 807. The lowest BCUT2D eigenvalue weighted by atomic mass is 10.2. The van der Waals surface area contributed by atoms with Crippen LogP contribution in [0, 0.1) is 6.92 Å². The molecule has 0 radical (unpaired) electrons. The molecule has 1 heterocycles. The van der Waals surface area contributed by atoms with Gasteiger partial charge in [-0.05, 0) is 36.8 Å². The zero-order valence-corrected chi connectivity index (χ0v) is 13.9. The molecule has 0 aliphatic carbocycles. The highest BCUT2D eigenvalue weighted by atomic mass is 32.1. The van der Waals surface area contributed by atoms with E-state index in [4.69, 9.17) is 4.74 Å². The first-order valence-corrected chi connectivity index (χ1v) is 8.20. The van der Waals surface area contributed by atoms with E-state index in [1.807, 2.05) is 61.5 Å². The van der Waals surface area contributed by atoms with E-state index < -0.39 is 0 Å². The van der Waals surface area contributed by atoms with E-state index >= 15 is 0 Å². The van der Waals surface area contributed by atoms with Crippen LogP contribution >= 0.6 is 11.3 Å². The van der Waals surface area contributed by atoms with Crippen LogP contribution in [0.5, 0.6) is 5.75 Å². The number of carbonyl (C=O) groups excluding carboxylic acids is 1. The molecule has 2 aromatic carbocycles. The number of ether oxygens (including phenoxy) is 1. The van der Waals surface area contributed by atoms with Crippen LogP contribution in [0.15, 0.2) is 54.6 Å². The summed E-state index contributed by atoms with van der Waals surface area (Å²) in [5.74, 6) is 0.881. The third-order valence-corrected chi connectivity index (χ3v) is 4.77. The minimum absolute atomic E-state index is 0.0639. The van der Waals surface area contributed by atoms with Gasteiger partial charge in [-0.3, -0.25) is 4.79 Å². The molecule has 0 aliphatic heterocycles. The van der Waals surface area contributed by atoms with E-state index in [0.29, 0.717) is 6.61 Å². The molecule has 0 unspecified atom stereocenters. The van der Waals surface area contributed by atoms with Crippen molar-refractivity contribution in [1.29, 1.82) is 0 Å². The number of thiazole rings is 1. The summed E-state index contributed by atoms with van der Waals surface area (Å²) >= 11 is 1.44. The van der Waals surface area contributed by atoms with E-state index in [1.54, 1.807) is 6.92 Å². The average Bonchev–Trinajstić information content (AvgIpc) is 2.96. The van der Waals surface area contributed by atoms with E-state index in [0.717, 1.165) is 32.5 Å². The first-order chi connectivity index (χ1) is 11.1. The lowest BCUT2D eigenvalue weighted by Crippen LogP contribution is -1.94. The average molecular weight is 323 g/mol. The predicted molar refractivity (Wildman–Crippen MR) is 93.1 cm³/mol. The normalized spacial score (nSPS) is 10.5. The molecule has 4 heteroatoms. The third kappa shape index (κ3) is 3.66. The van der Waals surface area contributed by atoms with Crippen molar-refractivity contribution in [3.8, 4) is 16.3 Å². The molecular weight excluding hydrogens is 306 g/mol. The van der Waals surface area contributed by atoms with Gasteiger partial charge in [-0.1, -0.05) is 30.3 Å². The van der Waals surface area contributed by atoms with Crippen LogP contribution in [0.25, 0.3) is 10.6 Å². The van der Waals surface area contributed by atoms with Crippen molar-refractivity contribution in [3.05, 3.63) is 70.7 Å². The number of rotatable bonds is 5. The van der Waals surface area contributed by atoms with Crippen LogP contribution in [0.2, 0.25) is 0 Å². The minimum Gasteiger partial charge on any atom is -0.489 e. The van der Waals surface area contributed by atoms with Gasteiger partial charge in [0.15, 0.2) is 5.78 Å². The lowest BCUT2D eigenvalue weighted by Gasteiger charge is -2.06. The predicted octanol–water partition coefficient (Wildman–Crippen LogP) is 4.90. The van der Waals surface area contributed by atoms with Gasteiger partial charge in [0.2, 0.25) is 0 Å². The van der Waals surface area contributed by atoms with E-state index in [9.17, 15) is 4.79 Å². The van der Waals surface area contributed by atoms with Crippen molar-refractivity contribution in [2.24, 2.45) is 0 Å². The molecule has 0 atom stereocenters. The van der Waals surface area contributed by atoms with Crippen molar-refractivity contribution in [2.45, 2.75) is 20.5 Å². The molecule has 0 fully saturated rings. The molecule has 0 spiro atoms. The number of aromatic nitrogens is 1. The van der Waals surface area contributed by atoms with E-state index in [1.165, 1.54) is 11.3 Å². The Morgan fingerprint density at radius 2 is 1.78 bits per heavy atom. The number of carbonyl (C=O) groups is 1. The Morgan fingerprint density at radius 3 is 2.39 bits per heavy atom. The highest BCUT2D eigenvalue weighted by Crippen LogP contribution is 2.29. The summed E-state index contributed by atoms with van der Waals surface area (Å²) in [6.45, 7) is 3.99. The Hall–Kier alpha value is -2.46. The summed E-state index contributed by atoms with van der Waals surface area (Å²) in [5.41, 5.74) is 2.93. The monoisotopic (exact) mass is 323 g/mol. The molecule has 1 aromatic heterocycles. The number of benzene rings is 2. The van der Waals surface area contributed by atoms with Crippen LogP contribution in [0.1, 0.15) is 27.9 Å². The van der Waals surface area contributed by atoms with Gasteiger partial charge in [0.1, 0.15) is 17.4 Å². The van der Waals surface area contributed by atoms with Gasteiger partial charge in [0.05, 0.1) is 10.6 Å². The maximum atomic E-state index is 11.5. The smallest absolute Gasteiger partial charge is 0.171 e. The molecule has 0 amide bonds. The summed E-state index contributed by atoms with van der Waals surface area (Å²) < 4.78 is 5.78. The summed E-state index contributed by atoms with van der Waals surface area (Å²) in [5, 5.41) is 0.863. The van der Waals surface area contributed by atoms with Gasteiger partial charge in [0, 0.05) is 12.5 Å². The number of aryl methyl sites for hydroxylation is 1. The summed E-state index contributed by atoms with van der Waals surface area (Å²) in [6.07, 6.45) is 0. The first-order valence-electron chi connectivity index (χ1n) is 7.39. The molecule has 0 aliphatic rings. The second-order valence-corrected chi connectivity index (χ2v) is 6.29. The van der Waals surface area contributed by atoms with E-state index in [2.05, 4.69) is 4.98 Å². The number of Topliss-reactive ketones (excluding diaryl/α,β-unsaturated/α-hetero) is 1. The molecular formula is C19H17NO2S. The Labute approximate surface area is 139 Å². The van der Waals surface area contributed by atoms with Gasteiger partial charge >= 0.3 is 0 Å². The second-order valence-electron chi connectivity index (χ2n) is 5.29. The Morgan fingerprint density at radius 1 is 1.09 bits per heavy atom. The zero-order chi connectivity index (χ0) is 16.2. The summed E-state index contributed by atoms with van der Waals surface area (Å²) in [6, 6.07) is 17.9. The minimum atomic E-state index is 0.0639. The molecule has 3 rings (SSSR count). The maximum Gasteiger partial charge on any atom is 0.171 e. The van der Waals surface area contributed by atoms with Crippen LogP contribution in [0.4, 0.5) is 0 Å². The van der Waals surface area contributed by atoms with Crippen molar-refractivity contribution < 1.29 is 9.53 Å². The topological polar surface area (TPSA) is 39.2 Å². The van der Waals surface area contributed by atoms with Crippen LogP contribution < -0.4 is 4.74 Å². The highest BCUT2D eigenvalue weighted by molar-refractivity contribution is 7.17. The first kappa shape index (κ1) is 15.4. The molecule has 0 bridgehead atoms. The van der Waals surface area contributed by atoms with Crippen LogP contribution in [-0.2, 0) is 6.61 Å². The Kier molecular flexibility index (Phi) is 4.53. The largest absolute Gasteiger partial charge is 0.489 e. The number of ketones is 1. The Balaban J connectivity index is 1.72. The third-order valence-electron chi connectivity index (χ3n) is 3.47. The fraction of sp³-hybridized carbons (Fsp3) is 0.158. The van der Waals surface area contributed by atoms with Crippen molar-refractivity contribution in [2.75, 3.05) is 0 Å². The fourth-order valence-electron chi connectivity index (χ4n) is 2.28. The lowest BCUT2D eigenvalue weighted by molar-refractivity contribution is 0.102. The van der Waals surface area contributed by atoms with Crippen LogP contribution in [-0.4, -0.2) is 10.8 Å². The van der Waals surface area contributed by atoms with Crippen molar-refractivity contribution in [3.63, 3.8) is 0 Å². The van der Waals surface area contributed by atoms with Gasteiger partial charge < -0.3 is 4.74 Å². The molecule has 23 heavy (non-hydrogen) atoms. The zero-order valence-electron chi connectivity index (χ0n) is 13.1. The summed E-state index contributed by atoms with van der Waals surface area (Å²) in [7, 11) is 0. The summed E-state index contributed by atoms with van der Waals surface area (Å²) in [4.78, 5) is 16.7. The quantitative estimate of drug-likeness (QED) is 0.627. The molecule has 3 aromatic rings. The van der Waals surface area contributed by atoms with Gasteiger partial charge in [-0.25, -0.2) is 4.98 Å².